The fourth-order valence-corrected chi connectivity index (χ4v) is 4.92. The Bertz CT molecular complexity index is 317. The molecule has 4 unspecified atom stereocenters. The van der Waals surface area contributed by atoms with Gasteiger partial charge in [-0.05, 0) is 31.7 Å². The van der Waals surface area contributed by atoms with Gasteiger partial charge in [-0.3, -0.25) is 4.90 Å². The molecule has 4 fully saturated rings. The van der Waals surface area contributed by atoms with E-state index >= 15 is 0 Å². The van der Waals surface area contributed by atoms with Crippen LogP contribution in [-0.2, 0) is 4.74 Å². The molecule has 4 atom stereocenters. The Morgan fingerprint density at radius 1 is 1.29 bits per heavy atom. The number of nitrogens with zero attached hydrogens (tertiary/aromatic N) is 1. The van der Waals surface area contributed by atoms with Gasteiger partial charge in [0.05, 0.1) is 18.8 Å². The molecule has 0 aromatic heterocycles. The maximum absolute atomic E-state index is 5.55. The number of likely N-dealkylation sites (tertiary alicyclic amines) is 1. The fourth-order valence-electron chi connectivity index (χ4n) is 4.92. The van der Waals surface area contributed by atoms with Gasteiger partial charge >= 0.3 is 0 Å². The first-order valence-corrected chi connectivity index (χ1v) is 7.53. The Labute approximate surface area is 105 Å². The van der Waals surface area contributed by atoms with E-state index < -0.39 is 0 Å². The van der Waals surface area contributed by atoms with E-state index in [4.69, 9.17) is 4.74 Å². The largest absolute Gasteiger partial charge is 0.377 e. The quantitative estimate of drug-likeness (QED) is 0.643. The molecular weight excluding hydrogens is 209 g/mol. The van der Waals surface area contributed by atoms with Gasteiger partial charge in [-0.1, -0.05) is 31.4 Å². The first kappa shape index (κ1) is 10.9. The number of rotatable bonds is 1. The van der Waals surface area contributed by atoms with Gasteiger partial charge in [-0.15, -0.1) is 0 Å². The summed E-state index contributed by atoms with van der Waals surface area (Å²) in [5, 5.41) is 0. The first-order valence-electron chi connectivity index (χ1n) is 7.53. The van der Waals surface area contributed by atoms with Crippen molar-refractivity contribution in [1.82, 2.24) is 4.90 Å². The molecule has 0 bridgehead atoms. The molecule has 4 aliphatic rings. The van der Waals surface area contributed by atoms with Gasteiger partial charge in [0.25, 0.3) is 0 Å². The molecule has 0 amide bonds. The van der Waals surface area contributed by atoms with Crippen LogP contribution >= 0.6 is 0 Å². The Hall–Kier alpha value is -0.0151. The summed E-state index contributed by atoms with van der Waals surface area (Å²) < 4.78 is 5.55. The lowest BCUT2D eigenvalue weighted by Gasteiger charge is -2.58. The average molecular weight is 232 g/mol. The summed E-state index contributed by atoms with van der Waals surface area (Å²) in [5.41, 5.74) is 0.449. The minimum Gasteiger partial charge on any atom is -0.377 e. The highest BCUT2D eigenvalue weighted by Gasteiger charge is 2.56. The van der Waals surface area contributed by atoms with Crippen molar-refractivity contribution in [2.75, 3.05) is 19.8 Å². The number of piperidine rings is 1. The summed E-state index contributed by atoms with van der Waals surface area (Å²) in [6, 6.07) is 0.867. The molecule has 1 aliphatic carbocycles. The SMILES string of the molecule is CCN1C2CCCC3[B]C3C2CCC12COC2. The Kier molecular flexibility index (Phi) is 2.39. The second-order valence-electron chi connectivity index (χ2n) is 6.64. The molecule has 0 aromatic rings. The summed E-state index contributed by atoms with van der Waals surface area (Å²) in [4.78, 5) is 2.83. The molecule has 0 N–H and O–H groups in total. The first-order chi connectivity index (χ1) is 8.34. The van der Waals surface area contributed by atoms with Gasteiger partial charge < -0.3 is 4.74 Å². The van der Waals surface area contributed by atoms with Crippen molar-refractivity contribution < 1.29 is 4.74 Å². The second-order valence-corrected chi connectivity index (χ2v) is 6.64. The molecule has 3 heteroatoms. The van der Waals surface area contributed by atoms with Crippen molar-refractivity contribution in [3.05, 3.63) is 0 Å². The molecule has 4 rings (SSSR count). The van der Waals surface area contributed by atoms with Crippen molar-refractivity contribution in [1.29, 1.82) is 0 Å². The van der Waals surface area contributed by atoms with Gasteiger partial charge in [0.15, 0.2) is 0 Å². The van der Waals surface area contributed by atoms with Crippen LogP contribution in [0.25, 0.3) is 0 Å². The molecule has 0 aromatic carbocycles. The van der Waals surface area contributed by atoms with Gasteiger partial charge in [-0.25, -0.2) is 0 Å². The van der Waals surface area contributed by atoms with Crippen molar-refractivity contribution in [2.45, 2.75) is 62.2 Å². The van der Waals surface area contributed by atoms with Crippen LogP contribution in [0.5, 0.6) is 0 Å². The Morgan fingerprint density at radius 2 is 2.18 bits per heavy atom. The lowest BCUT2D eigenvalue weighted by atomic mass is 9.71. The highest BCUT2D eigenvalue weighted by molar-refractivity contribution is 6.53. The van der Waals surface area contributed by atoms with Gasteiger partial charge in [-0.2, -0.15) is 0 Å². The molecule has 3 aliphatic heterocycles. The monoisotopic (exact) mass is 232 g/mol. The third kappa shape index (κ3) is 1.48. The Morgan fingerprint density at radius 3 is 2.88 bits per heavy atom. The molecule has 3 saturated heterocycles. The molecule has 1 saturated carbocycles. The van der Waals surface area contributed by atoms with Crippen LogP contribution < -0.4 is 0 Å². The van der Waals surface area contributed by atoms with Crippen LogP contribution in [0, 0.1) is 5.92 Å². The summed E-state index contributed by atoms with van der Waals surface area (Å²) in [5.74, 6) is 2.96. The molecule has 93 valence electrons. The third-order valence-corrected chi connectivity index (χ3v) is 5.88. The summed E-state index contributed by atoms with van der Waals surface area (Å²) in [6.07, 6.45) is 7.22. The number of ether oxygens (including phenoxy) is 1. The normalized spacial score (nSPS) is 47.4. The van der Waals surface area contributed by atoms with Gasteiger partial charge in [0.2, 0.25) is 0 Å². The maximum Gasteiger partial charge on any atom is 0.117 e. The van der Waals surface area contributed by atoms with Crippen molar-refractivity contribution in [3.8, 4) is 0 Å². The number of likely N-dealkylation sites (N-methyl/N-ethyl adjacent to an activating group) is 1. The predicted octanol–water partition coefficient (Wildman–Crippen LogP) is 2.33. The summed E-state index contributed by atoms with van der Waals surface area (Å²) >= 11 is 0. The van der Waals surface area contributed by atoms with Crippen LogP contribution in [0.3, 0.4) is 0 Å². The summed E-state index contributed by atoms with van der Waals surface area (Å²) in [6.45, 7) is 5.58. The second kappa shape index (κ2) is 3.74. The standard InChI is InChI=1S/C14H23BNO/c1-2-16-12-5-3-4-11-13(15-11)10(12)6-7-14(16)8-17-9-14/h10-13H,2-9H2,1H3. The third-order valence-electron chi connectivity index (χ3n) is 5.88. The van der Waals surface area contributed by atoms with Crippen LogP contribution in [-0.4, -0.2) is 43.5 Å². The van der Waals surface area contributed by atoms with Crippen LogP contribution in [0.1, 0.15) is 39.0 Å². The van der Waals surface area contributed by atoms with E-state index in [2.05, 4.69) is 19.1 Å². The minimum absolute atomic E-state index is 0.449. The number of hydrogen-bond donors (Lipinski definition) is 0. The van der Waals surface area contributed by atoms with Crippen LogP contribution in [0.15, 0.2) is 0 Å². The van der Waals surface area contributed by atoms with Gasteiger partial charge in [0.1, 0.15) is 7.28 Å². The lowest BCUT2D eigenvalue weighted by molar-refractivity contribution is -0.181. The van der Waals surface area contributed by atoms with E-state index in [1.54, 1.807) is 0 Å². The topological polar surface area (TPSA) is 12.5 Å². The predicted molar refractivity (Wildman–Crippen MR) is 69.5 cm³/mol. The molecule has 17 heavy (non-hydrogen) atoms. The van der Waals surface area contributed by atoms with E-state index in [0.29, 0.717) is 5.54 Å². The molecule has 2 nitrogen and oxygen atoms in total. The highest BCUT2D eigenvalue weighted by Crippen LogP contribution is 2.59. The van der Waals surface area contributed by atoms with E-state index in [-0.39, 0.29) is 0 Å². The lowest BCUT2D eigenvalue weighted by Crippen LogP contribution is -2.68. The smallest absolute Gasteiger partial charge is 0.117 e. The number of hydrogen-bond acceptors (Lipinski definition) is 2. The van der Waals surface area contributed by atoms with Crippen molar-refractivity contribution >= 4 is 7.28 Å². The Balaban J connectivity index is 1.61. The highest BCUT2D eigenvalue weighted by atomic mass is 16.5. The maximum atomic E-state index is 5.55. The van der Waals surface area contributed by atoms with E-state index in [9.17, 15) is 0 Å². The summed E-state index contributed by atoms with van der Waals surface area (Å²) in [7, 11) is 2.64. The zero-order chi connectivity index (χ0) is 11.5. The van der Waals surface area contributed by atoms with E-state index in [1.165, 1.54) is 38.6 Å². The van der Waals surface area contributed by atoms with Gasteiger partial charge in [0, 0.05) is 6.04 Å². The molecular formula is C14H23BNO. The zero-order valence-electron chi connectivity index (χ0n) is 10.9. The van der Waals surface area contributed by atoms with Crippen molar-refractivity contribution in [3.63, 3.8) is 0 Å². The van der Waals surface area contributed by atoms with Crippen molar-refractivity contribution in [2.24, 2.45) is 5.92 Å². The van der Waals surface area contributed by atoms with E-state index in [0.717, 1.165) is 36.8 Å². The molecule has 1 spiro atoms. The molecule has 1 radical (unpaired) electrons. The molecule has 3 heterocycles. The van der Waals surface area contributed by atoms with E-state index in [1.807, 2.05) is 0 Å². The fraction of sp³-hybridized carbons (Fsp3) is 1.00. The minimum atomic E-state index is 0.449. The zero-order valence-corrected chi connectivity index (χ0v) is 10.9. The average Bonchev–Trinajstić information content (AvgIpc) is 3.04. The number of fused-ring (bicyclic) bond motifs is 3. The van der Waals surface area contributed by atoms with Crippen LogP contribution in [0.2, 0.25) is 11.6 Å². The van der Waals surface area contributed by atoms with Crippen LogP contribution in [0.4, 0.5) is 0 Å².